The maximum absolute atomic E-state index is 12.4. The summed E-state index contributed by atoms with van der Waals surface area (Å²) in [7, 11) is 0. The average Bonchev–Trinajstić information content (AvgIpc) is 3.03. The van der Waals surface area contributed by atoms with Crippen LogP contribution in [-0.2, 0) is 30.4 Å². The van der Waals surface area contributed by atoms with Gasteiger partial charge in [-0.3, -0.25) is 9.89 Å². The quantitative estimate of drug-likeness (QED) is 0.911. The first-order valence-corrected chi connectivity index (χ1v) is 6.89. The summed E-state index contributed by atoms with van der Waals surface area (Å²) in [6.45, 7) is 0.887. The summed E-state index contributed by atoms with van der Waals surface area (Å²) in [5.41, 5.74) is -0.388. The molecule has 0 aliphatic carbocycles. The van der Waals surface area contributed by atoms with Gasteiger partial charge >= 0.3 is 6.18 Å². The molecular formula is C13H14F3N5O. The number of rotatable bonds is 3. The van der Waals surface area contributed by atoms with Crippen LogP contribution in [0.5, 0.6) is 0 Å². The minimum atomic E-state index is -4.51. The van der Waals surface area contributed by atoms with Crippen molar-refractivity contribution in [2.75, 3.05) is 5.32 Å². The van der Waals surface area contributed by atoms with Crippen molar-refractivity contribution in [2.45, 2.75) is 38.4 Å². The highest BCUT2D eigenvalue weighted by molar-refractivity contribution is 5.91. The highest BCUT2D eigenvalue weighted by Crippen LogP contribution is 2.28. The number of aromatic nitrogens is 4. The first-order valence-electron chi connectivity index (χ1n) is 6.89. The molecule has 0 spiro atoms. The molecule has 0 saturated heterocycles. The number of imidazole rings is 1. The Bertz CT molecular complexity index is 665. The van der Waals surface area contributed by atoms with Gasteiger partial charge in [0.2, 0.25) is 5.91 Å². The second-order valence-corrected chi connectivity index (χ2v) is 5.19. The Morgan fingerprint density at radius 3 is 2.91 bits per heavy atom. The number of aromatic amines is 1. The van der Waals surface area contributed by atoms with Crippen LogP contribution in [0, 0.1) is 0 Å². The van der Waals surface area contributed by atoms with Crippen LogP contribution in [-0.4, -0.2) is 25.7 Å². The van der Waals surface area contributed by atoms with Gasteiger partial charge in [0, 0.05) is 25.2 Å². The van der Waals surface area contributed by atoms with Gasteiger partial charge in [-0.25, -0.2) is 4.98 Å². The first-order chi connectivity index (χ1) is 10.4. The molecule has 0 bridgehead atoms. The fourth-order valence-electron chi connectivity index (χ4n) is 2.44. The van der Waals surface area contributed by atoms with Gasteiger partial charge < -0.3 is 9.88 Å². The number of hydrogen-bond acceptors (Lipinski definition) is 3. The van der Waals surface area contributed by atoms with Crippen LogP contribution in [0.2, 0.25) is 0 Å². The topological polar surface area (TPSA) is 75.6 Å². The number of anilines is 1. The molecule has 6 nitrogen and oxygen atoms in total. The number of carbonyl (C=O) groups excluding carboxylic acids is 1. The zero-order chi connectivity index (χ0) is 15.7. The summed E-state index contributed by atoms with van der Waals surface area (Å²) in [5.74, 6) is 0.352. The lowest BCUT2D eigenvalue weighted by Gasteiger charge is -2.11. The Hall–Kier alpha value is -2.32. The number of nitrogens with one attached hydrogen (secondary N) is 2. The number of nitrogens with zero attached hydrogens (tertiary/aromatic N) is 3. The Morgan fingerprint density at radius 1 is 1.41 bits per heavy atom. The summed E-state index contributed by atoms with van der Waals surface area (Å²) < 4.78 is 39.3. The maximum Gasteiger partial charge on any atom is 0.432 e. The van der Waals surface area contributed by atoms with E-state index in [1.807, 2.05) is 15.9 Å². The van der Waals surface area contributed by atoms with E-state index < -0.39 is 17.8 Å². The third kappa shape index (κ3) is 3.12. The highest BCUT2D eigenvalue weighted by Gasteiger charge is 2.33. The molecule has 0 atom stereocenters. The van der Waals surface area contributed by atoms with Crippen molar-refractivity contribution in [1.82, 2.24) is 19.7 Å². The molecule has 22 heavy (non-hydrogen) atoms. The van der Waals surface area contributed by atoms with Crippen molar-refractivity contribution in [3.63, 3.8) is 0 Å². The lowest BCUT2D eigenvalue weighted by atomic mass is 10.2. The Balaban J connectivity index is 1.63. The average molecular weight is 313 g/mol. The summed E-state index contributed by atoms with van der Waals surface area (Å²) in [6.07, 6.45) is 0.363. The number of aryl methyl sites for hydroxylation is 2. The van der Waals surface area contributed by atoms with Gasteiger partial charge in [-0.2, -0.15) is 18.3 Å². The van der Waals surface area contributed by atoms with Crippen LogP contribution in [0.1, 0.15) is 30.1 Å². The molecule has 3 heterocycles. The van der Waals surface area contributed by atoms with Gasteiger partial charge in [0.1, 0.15) is 11.5 Å². The second kappa shape index (κ2) is 5.47. The number of fused-ring (bicyclic) bond motifs is 1. The number of halogens is 3. The van der Waals surface area contributed by atoms with Gasteiger partial charge in [0.25, 0.3) is 0 Å². The SMILES string of the molecule is O=C(Cc1cn2c(n1)CCCC2)Nc1cc(C(F)(F)F)[nH]n1. The lowest BCUT2D eigenvalue weighted by Crippen LogP contribution is -2.15. The molecule has 3 rings (SSSR count). The second-order valence-electron chi connectivity index (χ2n) is 5.19. The van der Waals surface area contributed by atoms with E-state index in [4.69, 9.17) is 0 Å². The number of H-pyrrole nitrogens is 1. The molecule has 0 radical (unpaired) electrons. The van der Waals surface area contributed by atoms with E-state index in [0.717, 1.165) is 37.7 Å². The zero-order valence-electron chi connectivity index (χ0n) is 11.6. The molecule has 1 aliphatic rings. The molecule has 9 heteroatoms. The molecule has 1 amide bonds. The van der Waals surface area contributed by atoms with Gasteiger partial charge in [-0.05, 0) is 12.8 Å². The molecular weight excluding hydrogens is 299 g/mol. The molecule has 0 saturated carbocycles. The van der Waals surface area contributed by atoms with Crippen LogP contribution < -0.4 is 5.32 Å². The van der Waals surface area contributed by atoms with Gasteiger partial charge in [0.15, 0.2) is 5.82 Å². The Morgan fingerprint density at radius 2 is 2.23 bits per heavy atom. The van der Waals surface area contributed by atoms with Gasteiger partial charge in [-0.1, -0.05) is 0 Å². The third-order valence-electron chi connectivity index (χ3n) is 3.45. The molecule has 2 N–H and O–H groups in total. The summed E-state index contributed by atoms with van der Waals surface area (Å²) >= 11 is 0. The van der Waals surface area contributed by atoms with E-state index in [-0.39, 0.29) is 12.2 Å². The minimum Gasteiger partial charge on any atom is -0.335 e. The van der Waals surface area contributed by atoms with Crippen molar-refractivity contribution in [1.29, 1.82) is 0 Å². The largest absolute Gasteiger partial charge is 0.432 e. The van der Waals surface area contributed by atoms with Gasteiger partial charge in [-0.15, -0.1) is 0 Å². The predicted molar refractivity (Wildman–Crippen MR) is 71.1 cm³/mol. The number of alkyl halides is 3. The van der Waals surface area contributed by atoms with E-state index in [1.54, 1.807) is 0 Å². The first kappa shape index (κ1) is 14.6. The Kier molecular flexibility index (Phi) is 3.63. The maximum atomic E-state index is 12.4. The van der Waals surface area contributed by atoms with E-state index in [9.17, 15) is 18.0 Å². The van der Waals surface area contributed by atoms with Crippen molar-refractivity contribution in [2.24, 2.45) is 0 Å². The fourth-order valence-corrected chi connectivity index (χ4v) is 2.44. The lowest BCUT2D eigenvalue weighted by molar-refractivity contribution is -0.141. The van der Waals surface area contributed by atoms with Gasteiger partial charge in [0.05, 0.1) is 12.1 Å². The van der Waals surface area contributed by atoms with E-state index in [0.29, 0.717) is 5.69 Å². The number of hydrogen-bond donors (Lipinski definition) is 2. The summed E-state index contributed by atoms with van der Waals surface area (Å²) in [4.78, 5) is 16.2. The van der Waals surface area contributed by atoms with Crippen molar-refractivity contribution in [3.8, 4) is 0 Å². The molecule has 0 aromatic carbocycles. The van der Waals surface area contributed by atoms with Crippen molar-refractivity contribution >= 4 is 11.7 Å². The highest BCUT2D eigenvalue weighted by atomic mass is 19.4. The molecule has 0 fully saturated rings. The van der Waals surface area contributed by atoms with Crippen LogP contribution in [0.25, 0.3) is 0 Å². The Labute approximate surface area is 123 Å². The van der Waals surface area contributed by atoms with Crippen LogP contribution in [0.4, 0.5) is 19.0 Å². The van der Waals surface area contributed by atoms with Crippen LogP contribution in [0.3, 0.4) is 0 Å². The standard InChI is InChI=1S/C13H14F3N5O/c14-13(15,16)9-6-10(20-19-9)18-12(22)5-8-7-21-4-2-1-3-11(21)17-8/h6-7H,1-5H2,(H2,18,19,20,22). The fraction of sp³-hybridized carbons (Fsp3) is 0.462. The van der Waals surface area contributed by atoms with Crippen molar-refractivity contribution < 1.29 is 18.0 Å². The molecule has 2 aromatic heterocycles. The summed E-state index contributed by atoms with van der Waals surface area (Å²) in [6, 6.07) is 0.760. The number of carbonyl (C=O) groups is 1. The predicted octanol–water partition coefficient (Wildman–Crippen LogP) is 2.14. The van der Waals surface area contributed by atoms with E-state index >= 15 is 0 Å². The van der Waals surface area contributed by atoms with Crippen LogP contribution in [0.15, 0.2) is 12.3 Å². The minimum absolute atomic E-state index is 0.00815. The third-order valence-corrected chi connectivity index (χ3v) is 3.45. The number of amides is 1. The van der Waals surface area contributed by atoms with E-state index in [2.05, 4.69) is 15.4 Å². The smallest absolute Gasteiger partial charge is 0.335 e. The van der Waals surface area contributed by atoms with Crippen LogP contribution >= 0.6 is 0 Å². The van der Waals surface area contributed by atoms with E-state index in [1.165, 1.54) is 0 Å². The van der Waals surface area contributed by atoms with Crippen molar-refractivity contribution in [3.05, 3.63) is 29.5 Å². The molecule has 118 valence electrons. The summed E-state index contributed by atoms with van der Waals surface area (Å²) in [5, 5.41) is 7.60. The zero-order valence-corrected chi connectivity index (χ0v) is 11.6. The molecule has 1 aliphatic heterocycles. The molecule has 2 aromatic rings. The monoisotopic (exact) mass is 313 g/mol. The normalized spacial score (nSPS) is 14.7. The molecule has 0 unspecified atom stereocenters.